The van der Waals surface area contributed by atoms with Crippen molar-refractivity contribution in [1.82, 2.24) is 5.32 Å². The molecule has 0 amide bonds. The molecule has 1 aliphatic heterocycles. The number of hydrogen-bond acceptors (Lipinski definition) is 4. The molecule has 0 aliphatic carbocycles. The van der Waals surface area contributed by atoms with Crippen molar-refractivity contribution in [2.75, 3.05) is 28.4 Å². The summed E-state index contributed by atoms with van der Waals surface area (Å²) in [5, 5.41) is 3.14. The molecule has 0 bridgehead atoms. The maximum Gasteiger partial charge on any atom is 0.372 e. The molecule has 1 saturated heterocycles. The van der Waals surface area contributed by atoms with Gasteiger partial charge in [-0.1, -0.05) is 13.3 Å². The van der Waals surface area contributed by atoms with Crippen LogP contribution in [-0.2, 0) is 13.6 Å². The van der Waals surface area contributed by atoms with Crippen LogP contribution in [0.25, 0.3) is 0 Å². The van der Waals surface area contributed by atoms with E-state index in [1.165, 1.54) is 0 Å². The van der Waals surface area contributed by atoms with E-state index >= 15 is 0 Å². The molecule has 0 aromatic rings. The maximum atomic E-state index is 5.97. The summed E-state index contributed by atoms with van der Waals surface area (Å²) in [4.78, 5) is 0. The third-order valence-corrected chi connectivity index (χ3v) is 8.62. The fourth-order valence-corrected chi connectivity index (χ4v) is 7.52. The van der Waals surface area contributed by atoms with Gasteiger partial charge in [0, 0.05) is 27.4 Å². The second-order valence-corrected chi connectivity index (χ2v) is 8.41. The van der Waals surface area contributed by atoms with E-state index in [4.69, 9.17) is 13.6 Å². The summed E-state index contributed by atoms with van der Waals surface area (Å²) in [6.45, 7) is 2.19. The van der Waals surface area contributed by atoms with Gasteiger partial charge in [0.05, 0.1) is 0 Å². The summed E-state index contributed by atoms with van der Waals surface area (Å²) in [7, 11) is 5.05. The number of nitrogens with one attached hydrogen (secondary N) is 1. The smallest absolute Gasteiger partial charge is 0.372 e. The van der Waals surface area contributed by atoms with Crippen molar-refractivity contribution >= 4 is 8.56 Å². The standard InChI is InChI=1S/C12H27NO3Si/c1-6-9-12(14-3)11(13-2)8-7-10-17(12,15-4)16-5/h11,13H,6-10H2,1-5H3. The highest BCUT2D eigenvalue weighted by Crippen LogP contribution is 2.42. The lowest BCUT2D eigenvalue weighted by atomic mass is 10.00. The van der Waals surface area contributed by atoms with Crippen molar-refractivity contribution in [3.05, 3.63) is 0 Å². The highest BCUT2D eigenvalue weighted by molar-refractivity contribution is 6.71. The maximum absolute atomic E-state index is 5.97. The number of likely N-dealkylation sites (N-methyl/N-ethyl adjacent to an activating group) is 1. The highest BCUT2D eigenvalue weighted by atomic mass is 28.4. The first-order valence-electron chi connectivity index (χ1n) is 6.49. The fraction of sp³-hybridized carbons (Fsp3) is 1.00. The molecule has 102 valence electrons. The molecule has 0 radical (unpaired) electrons. The van der Waals surface area contributed by atoms with Crippen molar-refractivity contribution in [2.45, 2.75) is 49.9 Å². The zero-order valence-corrected chi connectivity index (χ0v) is 12.8. The van der Waals surface area contributed by atoms with Crippen LogP contribution in [0.2, 0.25) is 6.04 Å². The third kappa shape index (κ3) is 2.31. The first-order valence-corrected chi connectivity index (χ1v) is 8.51. The summed E-state index contributed by atoms with van der Waals surface area (Å²) in [6.07, 6.45) is 4.34. The van der Waals surface area contributed by atoms with E-state index in [-0.39, 0.29) is 5.22 Å². The van der Waals surface area contributed by atoms with Crippen molar-refractivity contribution in [1.29, 1.82) is 0 Å². The van der Waals surface area contributed by atoms with Gasteiger partial charge >= 0.3 is 8.56 Å². The van der Waals surface area contributed by atoms with Crippen molar-refractivity contribution in [3.8, 4) is 0 Å². The predicted octanol–water partition coefficient (Wildman–Crippen LogP) is 1.83. The number of rotatable bonds is 6. The van der Waals surface area contributed by atoms with Gasteiger partial charge in [0.25, 0.3) is 0 Å². The molecule has 1 aliphatic rings. The van der Waals surface area contributed by atoms with Gasteiger partial charge in [-0.2, -0.15) is 0 Å². The molecule has 1 rings (SSSR count). The molecular weight excluding hydrogens is 234 g/mol. The van der Waals surface area contributed by atoms with Gasteiger partial charge in [-0.25, -0.2) is 0 Å². The minimum absolute atomic E-state index is 0.266. The van der Waals surface area contributed by atoms with Crippen LogP contribution in [0.3, 0.4) is 0 Å². The fourth-order valence-electron chi connectivity index (χ4n) is 3.40. The summed E-state index contributed by atoms with van der Waals surface area (Å²) in [5.41, 5.74) is 0. The van der Waals surface area contributed by atoms with Gasteiger partial charge in [-0.05, 0) is 32.4 Å². The van der Waals surface area contributed by atoms with E-state index in [9.17, 15) is 0 Å². The molecule has 5 heteroatoms. The molecule has 0 saturated carbocycles. The van der Waals surface area contributed by atoms with Crippen molar-refractivity contribution in [3.63, 3.8) is 0 Å². The van der Waals surface area contributed by atoms with E-state index in [1.807, 2.05) is 7.05 Å². The Kier molecular flexibility index (Phi) is 5.59. The van der Waals surface area contributed by atoms with Crippen LogP contribution < -0.4 is 5.32 Å². The molecule has 2 atom stereocenters. The summed E-state index contributed by atoms with van der Waals surface area (Å²) >= 11 is 0. The Morgan fingerprint density at radius 1 is 1.29 bits per heavy atom. The average Bonchev–Trinajstić information content (AvgIpc) is 2.39. The van der Waals surface area contributed by atoms with Crippen LogP contribution >= 0.6 is 0 Å². The quantitative estimate of drug-likeness (QED) is 0.741. The van der Waals surface area contributed by atoms with Crippen LogP contribution in [0.4, 0.5) is 0 Å². The van der Waals surface area contributed by atoms with E-state index < -0.39 is 8.56 Å². The van der Waals surface area contributed by atoms with Gasteiger partial charge in [0.1, 0.15) is 5.22 Å². The molecule has 1 fully saturated rings. The van der Waals surface area contributed by atoms with Gasteiger partial charge in [0.15, 0.2) is 0 Å². The topological polar surface area (TPSA) is 39.7 Å². The first kappa shape index (κ1) is 15.1. The lowest BCUT2D eigenvalue weighted by molar-refractivity contribution is -0.0355. The Morgan fingerprint density at radius 2 is 1.94 bits per heavy atom. The Bertz CT molecular complexity index is 236. The van der Waals surface area contributed by atoms with Gasteiger partial charge in [-0.3, -0.25) is 0 Å². The zero-order chi connectivity index (χ0) is 12.9. The van der Waals surface area contributed by atoms with Crippen molar-refractivity contribution in [2.24, 2.45) is 0 Å². The van der Waals surface area contributed by atoms with Gasteiger partial charge in [-0.15, -0.1) is 0 Å². The molecule has 0 aromatic heterocycles. The largest absolute Gasteiger partial charge is 0.396 e. The Morgan fingerprint density at radius 3 is 2.35 bits per heavy atom. The molecule has 0 spiro atoms. The third-order valence-electron chi connectivity index (χ3n) is 4.20. The lowest BCUT2D eigenvalue weighted by Crippen LogP contribution is -2.72. The van der Waals surface area contributed by atoms with E-state index in [0.717, 1.165) is 31.7 Å². The predicted molar refractivity (Wildman–Crippen MR) is 71.3 cm³/mol. The van der Waals surface area contributed by atoms with E-state index in [2.05, 4.69) is 12.2 Å². The van der Waals surface area contributed by atoms with Gasteiger partial charge in [0.2, 0.25) is 0 Å². The minimum Gasteiger partial charge on any atom is -0.396 e. The number of methoxy groups -OCH3 is 1. The molecular formula is C12H27NO3Si. The average molecular weight is 261 g/mol. The Labute approximate surface area is 106 Å². The lowest BCUT2D eigenvalue weighted by Gasteiger charge is -2.52. The monoisotopic (exact) mass is 261 g/mol. The molecule has 4 nitrogen and oxygen atoms in total. The van der Waals surface area contributed by atoms with Crippen molar-refractivity contribution < 1.29 is 13.6 Å². The van der Waals surface area contributed by atoms with E-state index in [1.54, 1.807) is 21.3 Å². The van der Waals surface area contributed by atoms with Crippen LogP contribution in [0, 0.1) is 0 Å². The summed E-state index contributed by atoms with van der Waals surface area (Å²) in [6, 6.07) is 1.35. The molecule has 1 heterocycles. The zero-order valence-electron chi connectivity index (χ0n) is 11.8. The first-order chi connectivity index (χ1) is 8.16. The second-order valence-electron chi connectivity index (χ2n) is 4.74. The molecule has 0 aromatic carbocycles. The summed E-state index contributed by atoms with van der Waals surface area (Å²) in [5.74, 6) is 0. The Hall–Kier alpha value is 0.0569. The van der Waals surface area contributed by atoms with E-state index in [0.29, 0.717) is 6.04 Å². The normalized spacial score (nSPS) is 32.6. The molecule has 2 unspecified atom stereocenters. The minimum atomic E-state index is -2.30. The molecule has 17 heavy (non-hydrogen) atoms. The highest BCUT2D eigenvalue weighted by Gasteiger charge is 2.62. The van der Waals surface area contributed by atoms with Crippen LogP contribution in [0.15, 0.2) is 0 Å². The number of hydrogen-bond donors (Lipinski definition) is 1. The van der Waals surface area contributed by atoms with Crippen LogP contribution in [0.1, 0.15) is 32.6 Å². The SMILES string of the molecule is CCCC1(OC)C(NC)CCC[Si]1(OC)OC. The van der Waals surface area contributed by atoms with Crippen LogP contribution in [0.5, 0.6) is 0 Å². The Balaban J connectivity index is 3.14. The summed E-state index contributed by atoms with van der Waals surface area (Å²) < 4.78 is 17.7. The molecule has 1 N–H and O–H groups in total. The second kappa shape index (κ2) is 6.29. The number of ether oxygens (including phenoxy) is 1. The van der Waals surface area contributed by atoms with Gasteiger partial charge < -0.3 is 18.9 Å². The van der Waals surface area contributed by atoms with Crippen LogP contribution in [-0.4, -0.2) is 48.2 Å².